The molecule has 4 heteroatoms. The number of benzene rings is 2. The predicted octanol–water partition coefficient (Wildman–Crippen LogP) is 4.09. The van der Waals surface area contributed by atoms with E-state index in [1.54, 1.807) is 0 Å². The predicted molar refractivity (Wildman–Crippen MR) is 104 cm³/mol. The Morgan fingerprint density at radius 1 is 1.15 bits per heavy atom. The maximum atomic E-state index is 11.3. The van der Waals surface area contributed by atoms with E-state index >= 15 is 0 Å². The van der Waals surface area contributed by atoms with Crippen LogP contribution in [0.4, 0.5) is 5.69 Å². The number of nitrogens with zero attached hydrogens (tertiary/aromatic N) is 1. The molecule has 0 saturated carbocycles. The zero-order chi connectivity index (χ0) is 18.1. The number of rotatable bonds is 4. The molecule has 2 aromatic rings. The summed E-state index contributed by atoms with van der Waals surface area (Å²) in [6.07, 6.45) is 3.64. The molecular weight excluding hydrogens is 324 g/mol. The van der Waals surface area contributed by atoms with Crippen molar-refractivity contribution < 1.29 is 9.53 Å². The normalized spacial score (nSPS) is 22.2. The molecule has 1 saturated heterocycles. The minimum absolute atomic E-state index is 0.0376. The molecule has 26 heavy (non-hydrogen) atoms. The lowest BCUT2D eigenvalue weighted by Gasteiger charge is -2.30. The Morgan fingerprint density at radius 2 is 1.92 bits per heavy atom. The number of nitrogens with one attached hydrogen (secondary N) is 1. The topological polar surface area (TPSA) is 41.6 Å². The number of fused-ring (bicyclic) bond motifs is 1. The first-order chi connectivity index (χ1) is 12.6. The van der Waals surface area contributed by atoms with Gasteiger partial charge in [-0.2, -0.15) is 0 Å². The van der Waals surface area contributed by atoms with Crippen molar-refractivity contribution in [2.24, 2.45) is 0 Å². The van der Waals surface area contributed by atoms with Crippen molar-refractivity contribution in [3.05, 3.63) is 59.2 Å². The summed E-state index contributed by atoms with van der Waals surface area (Å²) >= 11 is 0. The number of anilines is 1. The number of carbonyl (C=O) groups is 1. The van der Waals surface area contributed by atoms with Crippen LogP contribution in [0.15, 0.2) is 42.5 Å². The third-order valence-corrected chi connectivity index (χ3v) is 5.54. The van der Waals surface area contributed by atoms with Crippen LogP contribution in [0.3, 0.4) is 0 Å². The van der Waals surface area contributed by atoms with Crippen LogP contribution in [0.25, 0.3) is 0 Å². The third kappa shape index (κ3) is 3.34. The molecule has 136 valence electrons. The smallest absolute Gasteiger partial charge is 0.221 e. The van der Waals surface area contributed by atoms with Crippen LogP contribution in [0.2, 0.25) is 0 Å². The average molecular weight is 350 g/mol. The van der Waals surface area contributed by atoms with E-state index in [9.17, 15) is 4.79 Å². The number of hydrogen-bond acceptors (Lipinski definition) is 3. The fraction of sp³-hybridized carbons (Fsp3) is 0.409. The van der Waals surface area contributed by atoms with Gasteiger partial charge >= 0.3 is 0 Å². The Hall–Kier alpha value is -2.33. The monoisotopic (exact) mass is 350 g/mol. The highest BCUT2D eigenvalue weighted by atomic mass is 16.5. The second-order valence-corrected chi connectivity index (χ2v) is 7.40. The Labute approximate surface area is 155 Å². The van der Waals surface area contributed by atoms with Gasteiger partial charge in [-0.15, -0.1) is 0 Å². The zero-order valence-corrected chi connectivity index (χ0v) is 15.5. The van der Waals surface area contributed by atoms with Gasteiger partial charge in [-0.05, 0) is 68.1 Å². The molecule has 0 radical (unpaired) electrons. The SMILES string of the molecule is CC(=O)Nc1cccc(OC2c3cccc(C)c3CC2N2CCCC2)c1. The van der Waals surface area contributed by atoms with Gasteiger partial charge < -0.3 is 10.1 Å². The fourth-order valence-electron chi connectivity index (χ4n) is 4.33. The summed E-state index contributed by atoms with van der Waals surface area (Å²) in [4.78, 5) is 13.9. The first kappa shape index (κ1) is 17.1. The molecular formula is C22H26N2O2. The van der Waals surface area contributed by atoms with Crippen molar-refractivity contribution in [3.8, 4) is 5.75 Å². The number of ether oxygens (including phenoxy) is 1. The van der Waals surface area contributed by atoms with Gasteiger partial charge in [0, 0.05) is 18.7 Å². The second kappa shape index (κ2) is 7.12. The lowest BCUT2D eigenvalue weighted by Crippen LogP contribution is -2.38. The Balaban J connectivity index is 1.64. The summed E-state index contributed by atoms with van der Waals surface area (Å²) in [5.41, 5.74) is 4.87. The van der Waals surface area contributed by atoms with E-state index in [4.69, 9.17) is 4.74 Å². The van der Waals surface area contributed by atoms with Crippen molar-refractivity contribution in [2.45, 2.75) is 45.3 Å². The van der Waals surface area contributed by atoms with Gasteiger partial charge in [0.15, 0.2) is 0 Å². The summed E-state index contributed by atoms with van der Waals surface area (Å²) in [6, 6.07) is 14.6. The van der Waals surface area contributed by atoms with Gasteiger partial charge in [0.05, 0.1) is 6.04 Å². The van der Waals surface area contributed by atoms with E-state index in [0.717, 1.165) is 30.9 Å². The first-order valence-corrected chi connectivity index (χ1v) is 9.48. The molecule has 4 rings (SSSR count). The minimum Gasteiger partial charge on any atom is -0.484 e. The van der Waals surface area contributed by atoms with E-state index in [-0.39, 0.29) is 12.0 Å². The van der Waals surface area contributed by atoms with E-state index < -0.39 is 0 Å². The molecule has 2 aliphatic rings. The molecule has 2 aromatic carbocycles. The van der Waals surface area contributed by atoms with E-state index in [0.29, 0.717) is 6.04 Å². The van der Waals surface area contributed by atoms with E-state index in [2.05, 4.69) is 35.3 Å². The number of aryl methyl sites for hydroxylation is 1. The molecule has 1 aliphatic carbocycles. The Kier molecular flexibility index (Phi) is 4.68. The number of hydrogen-bond donors (Lipinski definition) is 1. The lowest BCUT2D eigenvalue weighted by atomic mass is 10.0. The summed E-state index contributed by atoms with van der Waals surface area (Å²) in [6.45, 7) is 6.03. The summed E-state index contributed by atoms with van der Waals surface area (Å²) in [5.74, 6) is 0.735. The van der Waals surface area contributed by atoms with Crippen LogP contribution in [0.1, 0.15) is 42.6 Å². The van der Waals surface area contributed by atoms with Crippen molar-refractivity contribution in [1.29, 1.82) is 0 Å². The highest BCUT2D eigenvalue weighted by Gasteiger charge is 2.39. The number of carbonyl (C=O) groups excluding carboxylic acids is 1. The maximum absolute atomic E-state index is 11.3. The fourth-order valence-corrected chi connectivity index (χ4v) is 4.33. The van der Waals surface area contributed by atoms with Crippen LogP contribution in [0, 0.1) is 6.92 Å². The first-order valence-electron chi connectivity index (χ1n) is 9.48. The van der Waals surface area contributed by atoms with Gasteiger partial charge in [-0.1, -0.05) is 24.3 Å². The molecule has 0 aromatic heterocycles. The quantitative estimate of drug-likeness (QED) is 0.903. The lowest BCUT2D eigenvalue weighted by molar-refractivity contribution is -0.114. The summed E-state index contributed by atoms with van der Waals surface area (Å²) in [7, 11) is 0. The van der Waals surface area contributed by atoms with Crippen LogP contribution in [0.5, 0.6) is 5.75 Å². The molecule has 4 nitrogen and oxygen atoms in total. The van der Waals surface area contributed by atoms with Crippen LogP contribution in [-0.4, -0.2) is 29.9 Å². The highest BCUT2D eigenvalue weighted by Crippen LogP contribution is 2.40. The van der Waals surface area contributed by atoms with Crippen molar-refractivity contribution >= 4 is 11.6 Å². The van der Waals surface area contributed by atoms with Gasteiger partial charge in [-0.3, -0.25) is 9.69 Å². The molecule has 0 spiro atoms. The third-order valence-electron chi connectivity index (χ3n) is 5.54. The summed E-state index contributed by atoms with van der Waals surface area (Å²) in [5, 5.41) is 2.84. The van der Waals surface area contributed by atoms with Gasteiger partial charge in [-0.25, -0.2) is 0 Å². The molecule has 2 unspecified atom stereocenters. The molecule has 2 atom stereocenters. The standard InChI is InChI=1S/C22H26N2O2/c1-15-7-5-10-19-20(15)14-21(24-11-3-4-12-24)22(19)26-18-9-6-8-17(13-18)23-16(2)25/h5-10,13,21-22H,3-4,11-12,14H2,1-2H3,(H,23,25). The maximum Gasteiger partial charge on any atom is 0.221 e. The molecule has 1 aliphatic heterocycles. The van der Waals surface area contributed by atoms with E-state index in [1.807, 2.05) is 24.3 Å². The summed E-state index contributed by atoms with van der Waals surface area (Å²) < 4.78 is 6.51. The van der Waals surface area contributed by atoms with Crippen molar-refractivity contribution in [1.82, 2.24) is 4.90 Å². The van der Waals surface area contributed by atoms with Gasteiger partial charge in [0.2, 0.25) is 5.91 Å². The highest BCUT2D eigenvalue weighted by molar-refractivity contribution is 5.88. The molecule has 1 amide bonds. The van der Waals surface area contributed by atoms with E-state index in [1.165, 1.54) is 36.5 Å². The zero-order valence-electron chi connectivity index (χ0n) is 15.5. The second-order valence-electron chi connectivity index (χ2n) is 7.40. The average Bonchev–Trinajstić information content (AvgIpc) is 3.24. The van der Waals surface area contributed by atoms with Crippen molar-refractivity contribution in [2.75, 3.05) is 18.4 Å². The van der Waals surface area contributed by atoms with Crippen LogP contribution in [-0.2, 0) is 11.2 Å². The molecule has 0 bridgehead atoms. The Bertz CT molecular complexity index is 812. The minimum atomic E-state index is -0.0704. The molecule has 1 fully saturated rings. The molecule has 1 N–H and O–H groups in total. The molecule has 1 heterocycles. The number of likely N-dealkylation sites (tertiary alicyclic amines) is 1. The Morgan fingerprint density at radius 3 is 2.69 bits per heavy atom. The van der Waals surface area contributed by atoms with Crippen molar-refractivity contribution in [3.63, 3.8) is 0 Å². The van der Waals surface area contributed by atoms with Gasteiger partial charge in [0.25, 0.3) is 0 Å². The van der Waals surface area contributed by atoms with Crippen LogP contribution >= 0.6 is 0 Å². The van der Waals surface area contributed by atoms with Gasteiger partial charge in [0.1, 0.15) is 11.9 Å². The van der Waals surface area contributed by atoms with Crippen LogP contribution < -0.4 is 10.1 Å². The number of amides is 1. The largest absolute Gasteiger partial charge is 0.484 e.